The lowest BCUT2D eigenvalue weighted by Gasteiger charge is -2.35. The highest BCUT2D eigenvalue weighted by Gasteiger charge is 2.33. The zero-order chi connectivity index (χ0) is 41.6. The van der Waals surface area contributed by atoms with Crippen molar-refractivity contribution in [3.8, 4) is 0 Å². The van der Waals surface area contributed by atoms with Gasteiger partial charge in [-0.3, -0.25) is 10.2 Å². The number of nitrogens with two attached hydrogens (primary N) is 1. The van der Waals surface area contributed by atoms with Crippen molar-refractivity contribution in [1.82, 2.24) is 20.1 Å². The molecule has 2 aliphatic heterocycles. The third-order valence-electron chi connectivity index (χ3n) is 9.98. The second kappa shape index (κ2) is 18.6. The maximum Gasteiger partial charge on any atom is 0.331 e. The molecule has 2 aromatic heterocycles. The van der Waals surface area contributed by atoms with Gasteiger partial charge in [0.05, 0.1) is 35.4 Å². The van der Waals surface area contributed by atoms with Crippen molar-refractivity contribution in [2.75, 3.05) is 5.75 Å². The number of hydrogen-bond acceptors (Lipinski definition) is 14. The summed E-state index contributed by atoms with van der Waals surface area (Å²) in [4.78, 5) is 41.2. The average molecular weight is 834 g/mol. The van der Waals surface area contributed by atoms with Crippen LogP contribution < -0.4 is 11.1 Å². The number of thiophene rings is 1. The summed E-state index contributed by atoms with van der Waals surface area (Å²) in [6.07, 6.45) is 14.1. The van der Waals surface area contributed by atoms with Crippen molar-refractivity contribution in [1.29, 1.82) is 5.41 Å². The van der Waals surface area contributed by atoms with Gasteiger partial charge in [0.1, 0.15) is 23.1 Å². The lowest BCUT2D eigenvalue weighted by atomic mass is 9.96. The Morgan fingerprint density at radius 3 is 2.56 bits per heavy atom. The van der Waals surface area contributed by atoms with Crippen molar-refractivity contribution in [3.05, 3.63) is 121 Å². The first-order valence-corrected chi connectivity index (χ1v) is 21.3. The van der Waals surface area contributed by atoms with Crippen LogP contribution in [0.25, 0.3) is 0 Å². The average Bonchev–Trinajstić information content (AvgIpc) is 3.89. The predicted octanol–water partition coefficient (Wildman–Crippen LogP) is 6.86. The number of nitrogen functional groups attached to an aromatic ring is 1. The summed E-state index contributed by atoms with van der Waals surface area (Å²) in [5, 5.41) is 51.5. The molecule has 2 unspecified atom stereocenters. The molecular formula is C41H51N7O6S3. The third kappa shape index (κ3) is 10.5. The Balaban J connectivity index is 1.27. The van der Waals surface area contributed by atoms with E-state index in [0.717, 1.165) is 21.3 Å². The van der Waals surface area contributed by atoms with Gasteiger partial charge < -0.3 is 41.0 Å². The number of nitrogens with zero attached hydrogens (tertiary/aromatic N) is 4. The molecule has 0 fully saturated rings. The maximum atomic E-state index is 13.3. The van der Waals surface area contributed by atoms with Crippen molar-refractivity contribution in [2.24, 2.45) is 10.9 Å². The molecular weight excluding hydrogens is 783 g/mol. The number of carbonyl (C=O) groups is 2. The molecule has 4 heterocycles. The summed E-state index contributed by atoms with van der Waals surface area (Å²) < 4.78 is 0. The molecule has 57 heavy (non-hydrogen) atoms. The van der Waals surface area contributed by atoms with Gasteiger partial charge in [-0.2, -0.15) is 11.8 Å². The Bertz CT molecular complexity index is 2110. The second-order valence-electron chi connectivity index (χ2n) is 14.6. The molecule has 3 aliphatic rings. The van der Waals surface area contributed by atoms with Gasteiger partial charge in [0.15, 0.2) is 17.1 Å². The lowest BCUT2D eigenvalue weighted by molar-refractivity contribution is -0.132. The fourth-order valence-electron chi connectivity index (χ4n) is 6.14. The summed E-state index contributed by atoms with van der Waals surface area (Å²) >= 11 is 4.44. The number of aromatic nitrogens is 1. The van der Waals surface area contributed by atoms with Crippen molar-refractivity contribution in [3.63, 3.8) is 0 Å². The zero-order valence-corrected chi connectivity index (χ0v) is 35.4. The number of fused-ring (bicyclic) bond motifs is 1. The first kappa shape index (κ1) is 43.2. The van der Waals surface area contributed by atoms with E-state index < -0.39 is 23.7 Å². The van der Waals surface area contributed by atoms with Crippen LogP contribution in [0.2, 0.25) is 0 Å². The molecule has 0 amide bonds. The highest BCUT2D eigenvalue weighted by molar-refractivity contribution is 8.00. The number of thioether (sulfide) groups is 1. The first-order valence-electron chi connectivity index (χ1n) is 18.5. The molecule has 4 atom stereocenters. The van der Waals surface area contributed by atoms with Crippen LogP contribution in [0.3, 0.4) is 0 Å². The summed E-state index contributed by atoms with van der Waals surface area (Å²) in [7, 11) is 0. The molecule has 13 nitrogen and oxygen atoms in total. The quantitative estimate of drug-likeness (QED) is 0.0267. The largest absolute Gasteiger partial charge is 0.509 e. The molecule has 0 aromatic carbocycles. The molecule has 0 radical (unpaired) electrons. The summed E-state index contributed by atoms with van der Waals surface area (Å²) in [6, 6.07) is 0.854. The maximum absolute atomic E-state index is 13.3. The Labute approximate surface area is 345 Å². The fraction of sp³-hybridized carbons (Fsp3) is 0.390. The van der Waals surface area contributed by atoms with Crippen LogP contribution in [0.5, 0.6) is 0 Å². The standard InChI is InChI=1S/C41H51N7O6S3/c1-23(40(52)53)29(14-15-34(51)33-12-9-13-35-47(16-17-48(33)35)19-31-18-30(21-57-31)39(42)43)20-55-25(3)36(24(2)49)45-37(28-10-8-11-28)38(32-22-56-27(5)44-32)46-54-41(6,7)26(4)50/h8-10,12-13,16-18,21-22,25,33-34,36,45,50-51H,4,11,14-15,19-20H2,1-3,5-7H3,(H3,42,43)(H,52,53)/b29-23+,37-28+,46-38-/t25-,33?,34?,36+/m0/s1. The Hall–Kier alpha value is -4.90. The number of rotatable bonds is 20. The number of carboxylic acid groups (broad SMARTS) is 1. The van der Waals surface area contributed by atoms with E-state index in [4.69, 9.17) is 16.0 Å². The van der Waals surface area contributed by atoms with E-state index in [9.17, 15) is 24.9 Å². The van der Waals surface area contributed by atoms with Crippen molar-refractivity contribution >= 4 is 57.7 Å². The predicted molar refractivity (Wildman–Crippen MR) is 229 cm³/mol. The number of nitrogens with one attached hydrogen (secondary N) is 2. The highest BCUT2D eigenvalue weighted by atomic mass is 32.2. The number of amidine groups is 1. The number of allylic oxidation sites excluding steroid dienone is 6. The third-order valence-corrected chi connectivity index (χ3v) is 13.0. The topological polar surface area (TPSA) is 198 Å². The molecule has 304 valence electrons. The van der Waals surface area contributed by atoms with Crippen LogP contribution in [-0.2, 0) is 21.0 Å². The van der Waals surface area contributed by atoms with E-state index in [-0.39, 0.29) is 34.2 Å². The fourth-order valence-corrected chi connectivity index (χ4v) is 8.90. The van der Waals surface area contributed by atoms with Crippen LogP contribution in [-0.4, -0.2) is 88.2 Å². The van der Waals surface area contributed by atoms with E-state index >= 15 is 0 Å². The van der Waals surface area contributed by atoms with E-state index in [0.29, 0.717) is 59.8 Å². The van der Waals surface area contributed by atoms with Crippen molar-refractivity contribution < 1.29 is 29.7 Å². The number of Topliss-reactive ketones (excluding diaryl/α,β-unsaturated/α-hetero) is 1. The van der Waals surface area contributed by atoms with E-state index in [2.05, 4.69) is 26.9 Å². The van der Waals surface area contributed by atoms with Crippen LogP contribution in [0, 0.1) is 12.3 Å². The van der Waals surface area contributed by atoms with Crippen LogP contribution in [0.15, 0.2) is 105 Å². The second-order valence-corrected chi connectivity index (χ2v) is 18.0. The number of aliphatic hydroxyl groups excluding tert-OH is 2. The Kier molecular flexibility index (Phi) is 14.1. The minimum absolute atomic E-state index is 0.0295. The number of hydrogen-bond donors (Lipinski definition) is 6. The van der Waals surface area contributed by atoms with Gasteiger partial charge in [0.25, 0.3) is 0 Å². The number of aliphatic hydroxyl groups is 2. The van der Waals surface area contributed by atoms with Crippen LogP contribution in [0.1, 0.15) is 75.0 Å². The van der Waals surface area contributed by atoms with Crippen molar-refractivity contribution in [2.45, 2.75) is 96.4 Å². The summed E-state index contributed by atoms with van der Waals surface area (Å²) in [6.45, 7) is 14.4. The molecule has 5 rings (SSSR count). The molecule has 2 aromatic rings. The molecule has 16 heteroatoms. The van der Waals surface area contributed by atoms with E-state index in [1.54, 1.807) is 20.8 Å². The van der Waals surface area contributed by atoms with Crippen LogP contribution in [0.4, 0.5) is 0 Å². The minimum Gasteiger partial charge on any atom is -0.509 e. The minimum atomic E-state index is -1.19. The number of aryl methyl sites for hydroxylation is 1. The monoisotopic (exact) mass is 833 g/mol. The molecule has 1 aliphatic carbocycles. The SMILES string of the molecule is C=C(O)C(C)(C)O/N=C(\C(N[C@H](C(C)=O)[C@H](C)SC/C(CCC(O)C1C=CC=C2N(Cc3cc(C(=N)N)cs3)C=CN21)=C(\C)C(=O)O)=C1\C=CC1)c1csc(C)n1. The number of carboxylic acids is 1. The zero-order valence-electron chi connectivity index (χ0n) is 33.0. The van der Waals surface area contributed by atoms with Gasteiger partial charge in [-0.25, -0.2) is 9.78 Å². The van der Waals surface area contributed by atoms with Gasteiger partial charge >= 0.3 is 5.97 Å². The van der Waals surface area contributed by atoms with Gasteiger partial charge in [-0.05, 0) is 71.6 Å². The molecule has 0 saturated carbocycles. The molecule has 0 spiro atoms. The van der Waals surface area contributed by atoms with E-state index in [1.165, 1.54) is 41.4 Å². The smallest absolute Gasteiger partial charge is 0.331 e. The lowest BCUT2D eigenvalue weighted by Crippen LogP contribution is -2.44. The summed E-state index contributed by atoms with van der Waals surface area (Å²) in [5.74, 6) is -0.0854. The molecule has 0 saturated heterocycles. The van der Waals surface area contributed by atoms with Gasteiger partial charge in [-0.15, -0.1) is 22.7 Å². The Morgan fingerprint density at radius 1 is 1.25 bits per heavy atom. The van der Waals surface area contributed by atoms with Gasteiger partial charge in [0.2, 0.25) is 0 Å². The number of aliphatic carboxylic acids is 1. The Morgan fingerprint density at radius 2 is 1.98 bits per heavy atom. The molecule has 0 bridgehead atoms. The molecule has 7 N–H and O–H groups in total. The number of carbonyl (C=O) groups excluding carboxylic acids is 1. The number of oxime groups is 1. The highest BCUT2D eigenvalue weighted by Crippen LogP contribution is 2.33. The number of thiazole rings is 1. The number of ketones is 1. The van der Waals surface area contributed by atoms with Gasteiger partial charge in [0, 0.05) is 50.2 Å². The first-order chi connectivity index (χ1) is 27.0. The van der Waals surface area contributed by atoms with Gasteiger partial charge in [-0.1, -0.05) is 48.5 Å². The van der Waals surface area contributed by atoms with Crippen LogP contribution >= 0.6 is 34.4 Å². The van der Waals surface area contributed by atoms with E-state index in [1.807, 2.05) is 78.4 Å². The normalized spacial score (nSPS) is 19.2. The summed E-state index contributed by atoms with van der Waals surface area (Å²) in [5.41, 5.74) is 8.46.